The number of nitrogens with one attached hydrogen (secondary N) is 3. The molecule has 1 amide bonds. The number of ether oxygens (including phenoxy) is 1. The number of carbonyl (C=O) groups excluding carboxylic acids is 1. The number of aliphatic imine (C=N–C) groups is 1. The van der Waals surface area contributed by atoms with E-state index in [1.54, 1.807) is 6.07 Å². The third-order valence-electron chi connectivity index (χ3n) is 4.11. The van der Waals surface area contributed by atoms with E-state index in [-0.39, 0.29) is 5.91 Å². The summed E-state index contributed by atoms with van der Waals surface area (Å²) in [4.78, 5) is 16.4. The molecule has 2 rings (SSSR count). The lowest BCUT2D eigenvalue weighted by Gasteiger charge is -2.11. The van der Waals surface area contributed by atoms with Crippen LogP contribution in [0.2, 0.25) is 0 Å². The number of carbonyl (C=O) groups is 1. The highest BCUT2D eigenvalue weighted by Crippen LogP contribution is 2.28. The van der Waals surface area contributed by atoms with Crippen LogP contribution in [0.15, 0.2) is 21.7 Å². The molecule has 1 fully saturated rings. The van der Waals surface area contributed by atoms with Gasteiger partial charge in [-0.2, -0.15) is 0 Å². The van der Waals surface area contributed by atoms with Gasteiger partial charge in [0.2, 0.25) is 0 Å². The fourth-order valence-corrected chi connectivity index (χ4v) is 2.41. The zero-order valence-electron chi connectivity index (χ0n) is 16.0. The topological polar surface area (TPSA) is 87.9 Å². The standard InChI is InChI=1S/C19H32N4O3/c1-3-20-19(23-11-5-12-25-14-16-6-7-16)22-10-4-9-21-18(24)17-15(2)8-13-26-17/h8,13,16H,3-7,9-12,14H2,1-2H3,(H,21,24)(H2,20,22,23). The molecule has 3 N–H and O–H groups in total. The predicted octanol–water partition coefficient (Wildman–Crippen LogP) is 2.08. The van der Waals surface area contributed by atoms with E-state index in [9.17, 15) is 4.79 Å². The normalized spacial score (nSPS) is 14.3. The molecular weight excluding hydrogens is 332 g/mol. The second kappa shape index (κ2) is 11.6. The Morgan fingerprint density at radius 2 is 2.08 bits per heavy atom. The number of aryl methyl sites for hydroxylation is 1. The molecule has 146 valence electrons. The molecular formula is C19H32N4O3. The molecule has 1 aromatic rings. The van der Waals surface area contributed by atoms with Crippen molar-refractivity contribution in [3.8, 4) is 0 Å². The minimum absolute atomic E-state index is 0.173. The molecule has 0 bridgehead atoms. The fourth-order valence-electron chi connectivity index (χ4n) is 2.41. The van der Waals surface area contributed by atoms with Crippen LogP contribution in [-0.4, -0.2) is 51.3 Å². The van der Waals surface area contributed by atoms with Gasteiger partial charge in [-0.15, -0.1) is 0 Å². The quantitative estimate of drug-likeness (QED) is 0.300. The van der Waals surface area contributed by atoms with Crippen LogP contribution in [0.1, 0.15) is 48.7 Å². The van der Waals surface area contributed by atoms with Crippen LogP contribution in [-0.2, 0) is 4.74 Å². The molecule has 7 nitrogen and oxygen atoms in total. The molecule has 1 heterocycles. The van der Waals surface area contributed by atoms with Crippen molar-refractivity contribution in [2.45, 2.75) is 39.5 Å². The highest BCUT2D eigenvalue weighted by molar-refractivity contribution is 5.92. The average Bonchev–Trinajstić information content (AvgIpc) is 3.36. The molecule has 0 spiro atoms. The van der Waals surface area contributed by atoms with Gasteiger partial charge in [-0.1, -0.05) is 0 Å². The van der Waals surface area contributed by atoms with Gasteiger partial charge in [0.1, 0.15) is 0 Å². The molecule has 0 atom stereocenters. The van der Waals surface area contributed by atoms with Gasteiger partial charge in [0.25, 0.3) is 5.91 Å². The summed E-state index contributed by atoms with van der Waals surface area (Å²) in [5.41, 5.74) is 0.847. The average molecular weight is 364 g/mol. The molecule has 1 aromatic heterocycles. The molecule has 0 saturated heterocycles. The maximum absolute atomic E-state index is 11.9. The lowest BCUT2D eigenvalue weighted by molar-refractivity contribution is 0.0925. The molecule has 1 aliphatic rings. The van der Waals surface area contributed by atoms with E-state index in [1.165, 1.54) is 19.1 Å². The minimum atomic E-state index is -0.173. The maximum atomic E-state index is 11.9. The van der Waals surface area contributed by atoms with Gasteiger partial charge in [-0.05, 0) is 51.5 Å². The first-order valence-electron chi connectivity index (χ1n) is 9.63. The first kappa shape index (κ1) is 20.3. The highest BCUT2D eigenvalue weighted by Gasteiger charge is 2.20. The highest BCUT2D eigenvalue weighted by atomic mass is 16.5. The molecule has 26 heavy (non-hydrogen) atoms. The largest absolute Gasteiger partial charge is 0.459 e. The van der Waals surface area contributed by atoms with Crippen LogP contribution in [0.3, 0.4) is 0 Å². The zero-order chi connectivity index (χ0) is 18.6. The SMILES string of the molecule is CCNC(=NCCCNC(=O)c1occc1C)NCCCOCC1CC1. The Bertz CT molecular complexity index is 567. The van der Waals surface area contributed by atoms with E-state index in [0.29, 0.717) is 18.8 Å². The number of hydrogen-bond acceptors (Lipinski definition) is 4. The van der Waals surface area contributed by atoms with Gasteiger partial charge in [0.05, 0.1) is 6.26 Å². The molecule has 0 aliphatic heterocycles. The molecule has 0 unspecified atom stereocenters. The third-order valence-corrected chi connectivity index (χ3v) is 4.11. The fraction of sp³-hybridized carbons (Fsp3) is 0.684. The van der Waals surface area contributed by atoms with Crippen molar-refractivity contribution in [1.82, 2.24) is 16.0 Å². The zero-order valence-corrected chi connectivity index (χ0v) is 16.0. The maximum Gasteiger partial charge on any atom is 0.287 e. The Labute approximate surface area is 156 Å². The Morgan fingerprint density at radius 3 is 2.77 bits per heavy atom. The predicted molar refractivity (Wildman–Crippen MR) is 103 cm³/mol. The van der Waals surface area contributed by atoms with Crippen LogP contribution in [0, 0.1) is 12.8 Å². The van der Waals surface area contributed by atoms with E-state index < -0.39 is 0 Å². The van der Waals surface area contributed by atoms with Crippen LogP contribution in [0.4, 0.5) is 0 Å². The molecule has 0 aromatic carbocycles. The summed E-state index contributed by atoms with van der Waals surface area (Å²) in [6, 6.07) is 1.78. The Hall–Kier alpha value is -2.02. The Balaban J connectivity index is 1.55. The lowest BCUT2D eigenvalue weighted by atomic mass is 10.2. The van der Waals surface area contributed by atoms with E-state index in [4.69, 9.17) is 9.15 Å². The molecule has 1 saturated carbocycles. The number of amides is 1. The molecule has 7 heteroatoms. The van der Waals surface area contributed by atoms with Crippen molar-refractivity contribution in [3.05, 3.63) is 23.7 Å². The van der Waals surface area contributed by atoms with Crippen molar-refractivity contribution in [3.63, 3.8) is 0 Å². The second-order valence-electron chi connectivity index (χ2n) is 6.60. The Kier molecular flexibility index (Phi) is 9.03. The smallest absolute Gasteiger partial charge is 0.287 e. The van der Waals surface area contributed by atoms with Crippen LogP contribution >= 0.6 is 0 Å². The van der Waals surface area contributed by atoms with Crippen LogP contribution in [0.5, 0.6) is 0 Å². The summed E-state index contributed by atoms with van der Waals surface area (Å²) in [6.45, 7) is 8.47. The number of guanidine groups is 1. The van der Waals surface area contributed by atoms with Crippen molar-refractivity contribution in [2.24, 2.45) is 10.9 Å². The summed E-state index contributed by atoms with van der Waals surface area (Å²) in [5.74, 6) is 1.84. The van der Waals surface area contributed by atoms with Crippen LogP contribution < -0.4 is 16.0 Å². The summed E-state index contributed by atoms with van der Waals surface area (Å²) >= 11 is 0. The van der Waals surface area contributed by atoms with Gasteiger partial charge < -0.3 is 25.1 Å². The van der Waals surface area contributed by atoms with Gasteiger partial charge >= 0.3 is 0 Å². The number of furan rings is 1. The van der Waals surface area contributed by atoms with Gasteiger partial charge in [0.15, 0.2) is 11.7 Å². The van der Waals surface area contributed by atoms with E-state index in [2.05, 4.69) is 20.9 Å². The number of rotatable bonds is 12. The van der Waals surface area contributed by atoms with Crippen molar-refractivity contribution in [1.29, 1.82) is 0 Å². The van der Waals surface area contributed by atoms with E-state index in [0.717, 1.165) is 56.6 Å². The van der Waals surface area contributed by atoms with Crippen molar-refractivity contribution in [2.75, 3.05) is 39.4 Å². The first-order chi connectivity index (χ1) is 12.7. The summed E-state index contributed by atoms with van der Waals surface area (Å²) in [6.07, 6.45) is 5.93. The van der Waals surface area contributed by atoms with E-state index in [1.807, 2.05) is 13.8 Å². The minimum Gasteiger partial charge on any atom is -0.459 e. The van der Waals surface area contributed by atoms with Gasteiger partial charge in [-0.3, -0.25) is 9.79 Å². The second-order valence-corrected chi connectivity index (χ2v) is 6.60. The van der Waals surface area contributed by atoms with Gasteiger partial charge in [-0.25, -0.2) is 0 Å². The van der Waals surface area contributed by atoms with Crippen molar-refractivity contribution < 1.29 is 13.9 Å². The number of hydrogen-bond donors (Lipinski definition) is 3. The summed E-state index contributed by atoms with van der Waals surface area (Å²) < 4.78 is 10.8. The van der Waals surface area contributed by atoms with Crippen LogP contribution in [0.25, 0.3) is 0 Å². The molecule has 1 aliphatic carbocycles. The summed E-state index contributed by atoms with van der Waals surface area (Å²) in [7, 11) is 0. The Morgan fingerprint density at radius 1 is 1.27 bits per heavy atom. The lowest BCUT2D eigenvalue weighted by Crippen LogP contribution is -2.38. The van der Waals surface area contributed by atoms with Gasteiger partial charge in [0, 0.05) is 45.0 Å². The first-order valence-corrected chi connectivity index (χ1v) is 9.63. The van der Waals surface area contributed by atoms with E-state index >= 15 is 0 Å². The molecule has 0 radical (unpaired) electrons. The monoisotopic (exact) mass is 364 g/mol. The third kappa shape index (κ3) is 7.91. The number of nitrogens with zero attached hydrogens (tertiary/aromatic N) is 1. The summed E-state index contributed by atoms with van der Waals surface area (Å²) in [5, 5.41) is 9.39. The van der Waals surface area contributed by atoms with Crippen molar-refractivity contribution >= 4 is 11.9 Å².